The second-order valence-electron chi connectivity index (χ2n) is 6.69. The number of carboxylic acids is 1. The van der Waals surface area contributed by atoms with E-state index in [1.807, 2.05) is 0 Å². The molecular formula is C18H26N2O5S. The molecule has 0 aromatic heterocycles. The quantitative estimate of drug-likeness (QED) is 0.719. The van der Waals surface area contributed by atoms with Crippen molar-refractivity contribution in [3.63, 3.8) is 0 Å². The zero-order valence-electron chi connectivity index (χ0n) is 15.0. The van der Waals surface area contributed by atoms with E-state index in [4.69, 9.17) is 5.11 Å². The molecule has 1 aromatic rings. The van der Waals surface area contributed by atoms with Crippen LogP contribution in [0.2, 0.25) is 0 Å². The van der Waals surface area contributed by atoms with Crippen LogP contribution >= 0.6 is 0 Å². The molecule has 1 aliphatic heterocycles. The first-order valence-corrected chi connectivity index (χ1v) is 10.6. The van der Waals surface area contributed by atoms with Gasteiger partial charge in [0, 0.05) is 30.8 Å². The van der Waals surface area contributed by atoms with Crippen LogP contribution < -0.4 is 4.72 Å². The van der Waals surface area contributed by atoms with Gasteiger partial charge in [-0.1, -0.05) is 13.0 Å². The molecule has 0 saturated carbocycles. The molecule has 1 atom stereocenters. The molecule has 1 saturated heterocycles. The van der Waals surface area contributed by atoms with Crippen molar-refractivity contribution in [3.05, 3.63) is 29.8 Å². The average molecular weight is 382 g/mol. The van der Waals surface area contributed by atoms with Gasteiger partial charge in [0.15, 0.2) is 0 Å². The number of amides is 1. The number of benzene rings is 1. The number of nitrogens with zero attached hydrogens (tertiary/aromatic N) is 1. The van der Waals surface area contributed by atoms with Gasteiger partial charge in [0.05, 0.1) is 5.75 Å². The zero-order valence-corrected chi connectivity index (χ0v) is 15.8. The highest BCUT2D eigenvalue weighted by Crippen LogP contribution is 2.23. The van der Waals surface area contributed by atoms with Crippen LogP contribution in [0.3, 0.4) is 0 Å². The Bertz CT molecular complexity index is 748. The number of hydrogen-bond acceptors (Lipinski definition) is 4. The maximum absolute atomic E-state index is 12.8. The smallest absolute Gasteiger partial charge is 0.303 e. The van der Waals surface area contributed by atoms with E-state index in [1.165, 1.54) is 0 Å². The summed E-state index contributed by atoms with van der Waals surface area (Å²) in [6, 6.07) is 6.50. The largest absolute Gasteiger partial charge is 0.481 e. The van der Waals surface area contributed by atoms with Gasteiger partial charge >= 0.3 is 5.97 Å². The fourth-order valence-corrected chi connectivity index (χ4v) is 4.34. The molecule has 1 heterocycles. The van der Waals surface area contributed by atoms with E-state index < -0.39 is 16.0 Å². The van der Waals surface area contributed by atoms with E-state index in [2.05, 4.69) is 4.72 Å². The van der Waals surface area contributed by atoms with Crippen LogP contribution in [0.4, 0.5) is 5.69 Å². The second kappa shape index (κ2) is 9.02. The summed E-state index contributed by atoms with van der Waals surface area (Å²) >= 11 is 0. The summed E-state index contributed by atoms with van der Waals surface area (Å²) in [6.07, 6.45) is 2.96. The lowest BCUT2D eigenvalue weighted by molar-refractivity contribution is -0.137. The molecule has 1 unspecified atom stereocenters. The lowest BCUT2D eigenvalue weighted by Gasteiger charge is -2.32. The highest BCUT2D eigenvalue weighted by molar-refractivity contribution is 7.92. The number of hydrogen-bond donors (Lipinski definition) is 2. The topological polar surface area (TPSA) is 104 Å². The molecule has 1 fully saturated rings. The third kappa shape index (κ3) is 6.01. The molecule has 1 aliphatic rings. The van der Waals surface area contributed by atoms with E-state index in [0.717, 1.165) is 12.8 Å². The van der Waals surface area contributed by atoms with Gasteiger partial charge in [-0.05, 0) is 49.8 Å². The van der Waals surface area contributed by atoms with Gasteiger partial charge in [0.2, 0.25) is 10.0 Å². The molecule has 144 valence electrons. The lowest BCUT2D eigenvalue weighted by atomic mass is 9.93. The summed E-state index contributed by atoms with van der Waals surface area (Å²) in [4.78, 5) is 25.2. The highest BCUT2D eigenvalue weighted by Gasteiger charge is 2.25. The maximum atomic E-state index is 12.8. The van der Waals surface area contributed by atoms with Crippen molar-refractivity contribution in [2.75, 3.05) is 23.6 Å². The summed E-state index contributed by atoms with van der Waals surface area (Å²) in [6.45, 7) is 2.96. The number of likely N-dealkylation sites (tertiary alicyclic amines) is 1. The zero-order chi connectivity index (χ0) is 19.2. The van der Waals surface area contributed by atoms with Crippen molar-refractivity contribution >= 4 is 27.6 Å². The van der Waals surface area contributed by atoms with Crippen molar-refractivity contribution in [3.8, 4) is 0 Å². The molecule has 2 rings (SSSR count). The van der Waals surface area contributed by atoms with Crippen molar-refractivity contribution in [1.29, 1.82) is 0 Å². The van der Waals surface area contributed by atoms with Crippen molar-refractivity contribution in [2.45, 2.75) is 39.0 Å². The molecule has 0 radical (unpaired) electrons. The number of anilines is 1. The lowest BCUT2D eigenvalue weighted by Crippen LogP contribution is -2.40. The fraction of sp³-hybridized carbons (Fsp3) is 0.556. The van der Waals surface area contributed by atoms with E-state index in [-0.39, 0.29) is 24.0 Å². The van der Waals surface area contributed by atoms with Gasteiger partial charge in [0.25, 0.3) is 5.91 Å². The fourth-order valence-electron chi connectivity index (χ4n) is 3.21. The Hall–Kier alpha value is -2.09. The van der Waals surface area contributed by atoms with E-state index in [9.17, 15) is 18.0 Å². The Kier molecular flexibility index (Phi) is 7.02. The number of rotatable bonds is 8. The van der Waals surface area contributed by atoms with Crippen LogP contribution in [0.5, 0.6) is 0 Å². The Labute approximate surface area is 154 Å². The molecule has 0 aliphatic carbocycles. The Morgan fingerprint density at radius 3 is 2.81 bits per heavy atom. The first-order chi connectivity index (χ1) is 12.3. The standard InChI is InChI=1S/C18H26N2O5S/c1-2-11-26(24,25)19-16-7-3-6-15(12-16)18(23)20-10-4-5-14(13-20)8-9-17(21)22/h3,6-7,12,14,19H,2,4-5,8-11,13H2,1H3,(H,21,22). The SMILES string of the molecule is CCCS(=O)(=O)Nc1cccc(C(=O)N2CCCC(CCC(=O)O)C2)c1. The molecule has 8 heteroatoms. The van der Waals surface area contributed by atoms with Crippen LogP contribution in [-0.4, -0.2) is 49.1 Å². The third-order valence-corrected chi connectivity index (χ3v) is 5.92. The summed E-state index contributed by atoms with van der Waals surface area (Å²) in [5.41, 5.74) is 0.810. The van der Waals surface area contributed by atoms with Gasteiger partial charge in [-0.15, -0.1) is 0 Å². The van der Waals surface area contributed by atoms with Crippen LogP contribution in [0.1, 0.15) is 49.4 Å². The van der Waals surface area contributed by atoms with Crippen molar-refractivity contribution < 1.29 is 23.1 Å². The van der Waals surface area contributed by atoms with E-state index in [0.29, 0.717) is 37.2 Å². The van der Waals surface area contributed by atoms with Crippen molar-refractivity contribution in [1.82, 2.24) is 4.90 Å². The van der Waals surface area contributed by atoms with Gasteiger partial charge in [-0.2, -0.15) is 0 Å². The Morgan fingerprint density at radius 2 is 2.12 bits per heavy atom. The second-order valence-corrected chi connectivity index (χ2v) is 8.54. The summed E-state index contributed by atoms with van der Waals surface area (Å²) < 4.78 is 26.3. The van der Waals surface area contributed by atoms with Crippen LogP contribution in [0.25, 0.3) is 0 Å². The number of carbonyl (C=O) groups excluding carboxylic acids is 1. The summed E-state index contributed by atoms with van der Waals surface area (Å²) in [5.74, 6) is -0.750. The number of piperidine rings is 1. The molecular weight excluding hydrogens is 356 g/mol. The molecule has 2 N–H and O–H groups in total. The van der Waals surface area contributed by atoms with Crippen molar-refractivity contribution in [2.24, 2.45) is 5.92 Å². The average Bonchev–Trinajstić information content (AvgIpc) is 2.59. The number of aliphatic carboxylic acids is 1. The summed E-state index contributed by atoms with van der Waals surface area (Å²) in [7, 11) is -3.41. The summed E-state index contributed by atoms with van der Waals surface area (Å²) in [5, 5.41) is 8.82. The number of nitrogens with one attached hydrogen (secondary N) is 1. The monoisotopic (exact) mass is 382 g/mol. The normalized spacial score (nSPS) is 17.7. The van der Waals surface area contributed by atoms with Gasteiger partial charge in [-0.3, -0.25) is 14.3 Å². The first kappa shape index (κ1) is 20.2. The third-order valence-electron chi connectivity index (χ3n) is 4.43. The molecule has 0 bridgehead atoms. The minimum Gasteiger partial charge on any atom is -0.481 e. The minimum absolute atomic E-state index is 0.0303. The molecule has 7 nitrogen and oxygen atoms in total. The molecule has 26 heavy (non-hydrogen) atoms. The molecule has 1 amide bonds. The van der Waals surface area contributed by atoms with Gasteiger partial charge in [0.1, 0.15) is 0 Å². The van der Waals surface area contributed by atoms with Crippen LogP contribution in [0, 0.1) is 5.92 Å². The van der Waals surface area contributed by atoms with E-state index >= 15 is 0 Å². The predicted molar refractivity (Wildman–Crippen MR) is 99.6 cm³/mol. The van der Waals surface area contributed by atoms with Gasteiger partial charge in [-0.25, -0.2) is 8.42 Å². The van der Waals surface area contributed by atoms with Gasteiger partial charge < -0.3 is 10.0 Å². The predicted octanol–water partition coefficient (Wildman–Crippen LogP) is 2.56. The van der Waals surface area contributed by atoms with Crippen LogP contribution in [-0.2, 0) is 14.8 Å². The number of carboxylic acid groups (broad SMARTS) is 1. The highest BCUT2D eigenvalue weighted by atomic mass is 32.2. The maximum Gasteiger partial charge on any atom is 0.303 e. The Morgan fingerprint density at radius 1 is 1.35 bits per heavy atom. The van der Waals surface area contributed by atoms with E-state index in [1.54, 1.807) is 36.1 Å². The molecule has 1 aromatic carbocycles. The number of sulfonamides is 1. The minimum atomic E-state index is -3.41. The molecule has 0 spiro atoms. The number of carbonyl (C=O) groups is 2. The first-order valence-electron chi connectivity index (χ1n) is 8.92. The van der Waals surface area contributed by atoms with Crippen LogP contribution in [0.15, 0.2) is 24.3 Å². The Balaban J connectivity index is 2.04.